The predicted molar refractivity (Wildman–Crippen MR) is 81.9 cm³/mol. The second-order valence-corrected chi connectivity index (χ2v) is 10.4. The van der Waals surface area contributed by atoms with Crippen LogP contribution in [0.15, 0.2) is 0 Å². The molecule has 2 saturated heterocycles. The van der Waals surface area contributed by atoms with E-state index in [0.29, 0.717) is 0 Å². The average molecular weight is 550 g/mol. The van der Waals surface area contributed by atoms with Crippen molar-refractivity contribution in [1.29, 1.82) is 0 Å². The van der Waals surface area contributed by atoms with E-state index in [1.807, 2.05) is 0 Å². The van der Waals surface area contributed by atoms with Crippen molar-refractivity contribution in [2.24, 2.45) is 5.92 Å². The summed E-state index contributed by atoms with van der Waals surface area (Å²) in [6.45, 7) is 0.560. The number of phosphoric acid groups is 3. The fraction of sp³-hybridized carbons (Fsp3) is 0.800. The first-order chi connectivity index (χ1) is 13.1. The smallest absolute Gasteiger partial charge is 0.756 e. The molecule has 168 valence electrons. The molecule has 0 bridgehead atoms. The molecule has 2 fully saturated rings. The summed E-state index contributed by atoms with van der Waals surface area (Å²) in [5, 5.41) is 12.0. The number of aliphatic hydroxyl groups excluding tert-OH is 1. The summed E-state index contributed by atoms with van der Waals surface area (Å²) in [6.07, 6.45) is -3.88. The van der Waals surface area contributed by atoms with Crippen LogP contribution in [-0.2, 0) is 36.4 Å². The Labute approximate surface area is 248 Å². The predicted octanol–water partition coefficient (Wildman–Crippen LogP) is -11.9. The van der Waals surface area contributed by atoms with Gasteiger partial charge in [-0.3, -0.25) is 28.7 Å². The summed E-state index contributed by atoms with van der Waals surface area (Å²) < 4.78 is 49.1. The van der Waals surface area contributed by atoms with Crippen LogP contribution in [0.4, 0.5) is 4.79 Å². The zero-order valence-electron chi connectivity index (χ0n) is 17.5. The molecule has 3 amide bonds. The molecule has 16 nitrogen and oxygen atoms in total. The van der Waals surface area contributed by atoms with Crippen molar-refractivity contribution in [2.75, 3.05) is 13.2 Å². The zero-order chi connectivity index (χ0) is 22.2. The van der Waals surface area contributed by atoms with Crippen molar-refractivity contribution >= 4 is 35.4 Å². The minimum atomic E-state index is -6.04. The van der Waals surface area contributed by atoms with Crippen molar-refractivity contribution in [3.8, 4) is 0 Å². The Morgan fingerprint density at radius 2 is 1.69 bits per heavy atom. The molecule has 7 atom stereocenters. The molecule has 2 aliphatic rings. The van der Waals surface area contributed by atoms with Crippen LogP contribution in [0.25, 0.3) is 0 Å². The molecule has 2 heterocycles. The summed E-state index contributed by atoms with van der Waals surface area (Å²) in [5.41, 5.74) is 0. The van der Waals surface area contributed by atoms with Crippen molar-refractivity contribution in [2.45, 2.75) is 31.8 Å². The second kappa shape index (κ2) is 14.3. The fourth-order valence-electron chi connectivity index (χ4n) is 2.52. The van der Waals surface area contributed by atoms with Gasteiger partial charge in [-0.1, -0.05) is 6.92 Å². The van der Waals surface area contributed by atoms with E-state index in [1.165, 1.54) is 0 Å². The third-order valence-corrected chi connectivity index (χ3v) is 7.45. The summed E-state index contributed by atoms with van der Waals surface area (Å²) in [5.74, 6) is -1.06. The number of urea groups is 1. The van der Waals surface area contributed by atoms with Crippen LogP contribution in [-0.4, -0.2) is 58.4 Å². The van der Waals surface area contributed by atoms with Gasteiger partial charge in [0.2, 0.25) is 5.91 Å². The molecule has 0 radical (unpaired) electrons. The number of nitrogens with zero attached hydrogens (tertiary/aromatic N) is 1. The molecule has 0 aliphatic carbocycles. The number of carbonyl (C=O) groups is 2. The van der Waals surface area contributed by atoms with E-state index in [4.69, 9.17) is 9.63 Å². The zero-order valence-corrected chi connectivity index (χ0v) is 26.2. The minimum Gasteiger partial charge on any atom is -0.756 e. The number of rotatable bonds is 8. The van der Waals surface area contributed by atoms with Gasteiger partial charge in [-0.25, -0.2) is 13.4 Å². The van der Waals surface area contributed by atoms with Gasteiger partial charge in [-0.2, -0.15) is 0 Å². The molecule has 3 N–H and O–H groups in total. The number of imide groups is 1. The van der Waals surface area contributed by atoms with Gasteiger partial charge in [0, 0.05) is 13.0 Å². The van der Waals surface area contributed by atoms with Gasteiger partial charge in [0.05, 0.1) is 18.6 Å². The van der Waals surface area contributed by atoms with E-state index in [0.717, 1.165) is 4.90 Å². The van der Waals surface area contributed by atoms with E-state index in [1.54, 1.807) is 6.92 Å². The molecule has 2 rings (SSSR count). The molecule has 2 aliphatic heterocycles. The van der Waals surface area contributed by atoms with E-state index < -0.39 is 66.4 Å². The van der Waals surface area contributed by atoms with Gasteiger partial charge < -0.3 is 33.9 Å². The average Bonchev–Trinajstić information content (AvgIpc) is 2.86. The molecule has 0 spiro atoms. The van der Waals surface area contributed by atoms with Gasteiger partial charge in [0.25, 0.3) is 23.5 Å². The molecule has 0 saturated carbocycles. The summed E-state index contributed by atoms with van der Waals surface area (Å²) in [6, 6.07) is -0.778. The Morgan fingerprint density at radius 3 is 2.22 bits per heavy atom. The van der Waals surface area contributed by atoms with Gasteiger partial charge in [-0.15, -0.1) is 0 Å². The quantitative estimate of drug-likeness (QED) is 0.188. The van der Waals surface area contributed by atoms with Gasteiger partial charge in [0.15, 0.2) is 0 Å². The maximum absolute atomic E-state index is 11.9. The minimum absolute atomic E-state index is 0. The van der Waals surface area contributed by atoms with Crippen molar-refractivity contribution < 1.29 is 155 Å². The normalized spacial score (nSPS) is 31.0. The molecule has 7 unspecified atom stereocenters. The molecule has 22 heteroatoms. The van der Waals surface area contributed by atoms with Crippen LogP contribution >= 0.6 is 23.5 Å². The first-order valence-corrected chi connectivity index (χ1v) is 12.2. The third kappa shape index (κ3) is 11.5. The first kappa shape index (κ1) is 36.4. The van der Waals surface area contributed by atoms with Crippen molar-refractivity contribution in [1.82, 2.24) is 10.2 Å². The molecule has 0 aromatic heterocycles. The van der Waals surface area contributed by atoms with Crippen molar-refractivity contribution in [3.63, 3.8) is 0 Å². The van der Waals surface area contributed by atoms with Crippen LogP contribution in [0.2, 0.25) is 0 Å². The van der Waals surface area contributed by atoms with Gasteiger partial charge >= 0.3 is 94.7 Å². The summed E-state index contributed by atoms with van der Waals surface area (Å²) >= 11 is 0. The van der Waals surface area contributed by atoms with Crippen LogP contribution in [0.3, 0.4) is 0 Å². The number of aliphatic hydroxyl groups is 1. The molecular weight excluding hydrogens is 534 g/mol. The fourth-order valence-corrected chi connectivity index (χ4v) is 5.42. The number of hydrogen-bond acceptors (Lipinski definition) is 13. The standard InChI is InChI=1S/C10H19N2O14P3.3Na/c1-5-3-12(10(15)11-9(5)14)8-2-6(13)7(24-8)4-23-28(19,20)26-29(21,22)25-27(16,17)18;;;/h5-8,13H,2-4H2,1H3,(H,19,20)(H,21,22)(H,11,14,15)(H2,16,17,18);;;/q;3*+1/p-3. The number of phosphoric ester groups is 1. The number of ether oxygens (including phenoxy) is 1. The molecule has 0 aromatic rings. The van der Waals surface area contributed by atoms with Gasteiger partial charge in [0.1, 0.15) is 12.3 Å². The Kier molecular flexibility index (Phi) is 16.2. The van der Waals surface area contributed by atoms with Crippen LogP contribution in [0.1, 0.15) is 13.3 Å². The Morgan fingerprint density at radius 1 is 1.12 bits per heavy atom. The number of hydrogen-bond donors (Lipinski definition) is 3. The maximum Gasteiger partial charge on any atom is 1.00 e. The molecule has 32 heavy (non-hydrogen) atoms. The Bertz CT molecular complexity index is 813. The van der Waals surface area contributed by atoms with Crippen LogP contribution < -0.4 is 109 Å². The summed E-state index contributed by atoms with van der Waals surface area (Å²) in [4.78, 5) is 65.7. The van der Waals surface area contributed by atoms with E-state index in [-0.39, 0.29) is 102 Å². The second-order valence-electron chi connectivity index (χ2n) is 6.10. The van der Waals surface area contributed by atoms with E-state index in [2.05, 4.69) is 18.5 Å². The van der Waals surface area contributed by atoms with Crippen LogP contribution in [0, 0.1) is 5.92 Å². The summed E-state index contributed by atoms with van der Waals surface area (Å²) in [7, 11) is -17.6. The monoisotopic (exact) mass is 550 g/mol. The van der Waals surface area contributed by atoms with Crippen LogP contribution in [0.5, 0.6) is 0 Å². The molecular formula is C10H16N2Na3O14P3. The molecule has 0 aromatic carbocycles. The number of carbonyl (C=O) groups excluding carboxylic acids is 2. The Balaban J connectivity index is 0. The number of nitrogens with one attached hydrogen (secondary N) is 1. The Hall–Kier alpha value is 2.27. The third-order valence-electron chi connectivity index (χ3n) is 3.76. The topological polar surface area (TPSA) is 247 Å². The van der Waals surface area contributed by atoms with E-state index >= 15 is 0 Å². The maximum atomic E-state index is 11.9. The largest absolute Gasteiger partial charge is 1.00 e. The number of amides is 3. The van der Waals surface area contributed by atoms with E-state index in [9.17, 15) is 43.1 Å². The van der Waals surface area contributed by atoms with Crippen molar-refractivity contribution in [3.05, 3.63) is 0 Å². The first-order valence-electron chi connectivity index (χ1n) is 7.77. The van der Waals surface area contributed by atoms with Gasteiger partial charge in [-0.05, 0) is 0 Å². The SMILES string of the molecule is CC1CN(C2CC(O)C(COP(=O)([O-])OP(=O)([O-])OP(=O)([O-])O)O2)C(=O)NC1=O.[Na+].[Na+].[Na+].